The van der Waals surface area contributed by atoms with Crippen LogP contribution in [0.25, 0.3) is 0 Å². The third-order valence-corrected chi connectivity index (χ3v) is 10.5. The summed E-state index contributed by atoms with van der Waals surface area (Å²) < 4.78 is 73.7. The summed E-state index contributed by atoms with van der Waals surface area (Å²) in [7, 11) is -3.62. The number of hydrogen-bond acceptors (Lipinski definition) is 7. The normalized spacial score (nSPS) is 27.9. The van der Waals surface area contributed by atoms with Crippen LogP contribution in [0, 0.1) is 0 Å². The Labute approximate surface area is 206 Å². The van der Waals surface area contributed by atoms with Gasteiger partial charge in [0.15, 0.2) is 5.60 Å². The number of rotatable bonds is 6. The number of anilines is 1. The van der Waals surface area contributed by atoms with Crippen LogP contribution in [0.5, 0.6) is 0 Å². The van der Waals surface area contributed by atoms with Gasteiger partial charge >= 0.3 is 6.18 Å². The molecule has 0 radical (unpaired) electrons. The van der Waals surface area contributed by atoms with Gasteiger partial charge in [-0.05, 0) is 42.5 Å². The van der Waals surface area contributed by atoms with Gasteiger partial charge in [0.25, 0.3) is 10.0 Å². The van der Waals surface area contributed by atoms with Crippen molar-refractivity contribution in [3.63, 3.8) is 0 Å². The Bertz CT molecular complexity index is 1140. The van der Waals surface area contributed by atoms with Crippen LogP contribution in [0.2, 0.25) is 0 Å². The molecule has 0 aliphatic carbocycles. The topological polar surface area (TPSA) is 73.3 Å². The zero-order valence-corrected chi connectivity index (χ0v) is 20.8. The SMILES string of the molecule is C[C@](O)(c1ccc(N2CCN(S(=O)(=O)c3cccs3)C[C@@H]2CN2CC3C[C@@H]2CO3)cc1)C(F)(F)F. The van der Waals surface area contributed by atoms with E-state index in [1.54, 1.807) is 29.6 Å². The van der Waals surface area contributed by atoms with E-state index in [0.29, 0.717) is 35.6 Å². The Hall–Kier alpha value is -1.70. The number of ether oxygens (including phenoxy) is 1. The summed E-state index contributed by atoms with van der Waals surface area (Å²) in [5, 5.41) is 11.7. The van der Waals surface area contributed by atoms with Crippen molar-refractivity contribution in [3.05, 3.63) is 47.3 Å². The first kappa shape index (κ1) is 25.0. The molecule has 5 rings (SSSR count). The third-order valence-electron chi connectivity index (χ3n) is 7.31. The number of nitrogens with zero attached hydrogens (tertiary/aromatic N) is 3. The predicted octanol–water partition coefficient (Wildman–Crippen LogP) is 2.87. The zero-order chi connectivity index (χ0) is 25.0. The molecule has 12 heteroatoms. The summed E-state index contributed by atoms with van der Waals surface area (Å²) in [6.07, 6.45) is -3.63. The molecule has 192 valence electrons. The molecule has 2 aromatic rings. The van der Waals surface area contributed by atoms with Crippen molar-refractivity contribution in [2.24, 2.45) is 0 Å². The van der Waals surface area contributed by atoms with Crippen LogP contribution in [0.4, 0.5) is 18.9 Å². The standard InChI is InChI=1S/C23H28F3N3O4S2/c1-22(30,23(24,25)26)16-4-6-17(7-5-16)29-9-8-28(35(31,32)21-3-2-10-34-21)13-19(29)12-27-14-20-11-18(27)15-33-20/h2-7,10,18-20,30H,8-9,11-15H2,1H3/t18-,19+,20?,22+/m1/s1. The van der Waals surface area contributed by atoms with E-state index < -0.39 is 21.8 Å². The fourth-order valence-corrected chi connectivity index (χ4v) is 7.81. The number of piperazine rings is 1. The lowest BCUT2D eigenvalue weighted by Gasteiger charge is -2.44. The first-order chi connectivity index (χ1) is 16.5. The average Bonchev–Trinajstić information content (AvgIpc) is 3.57. The number of sulfonamides is 1. The van der Waals surface area contributed by atoms with Crippen molar-refractivity contribution in [2.75, 3.05) is 44.2 Å². The van der Waals surface area contributed by atoms with E-state index >= 15 is 0 Å². The Balaban J connectivity index is 1.40. The maximum absolute atomic E-state index is 13.3. The summed E-state index contributed by atoms with van der Waals surface area (Å²) in [6, 6.07) is 9.16. The Kier molecular flexibility index (Phi) is 6.42. The minimum Gasteiger partial charge on any atom is -0.376 e. The molecule has 1 aromatic carbocycles. The van der Waals surface area contributed by atoms with Gasteiger partial charge < -0.3 is 14.7 Å². The molecule has 1 N–H and O–H groups in total. The molecule has 2 bridgehead atoms. The number of likely N-dealkylation sites (tertiary alicyclic amines) is 1. The predicted molar refractivity (Wildman–Crippen MR) is 126 cm³/mol. The van der Waals surface area contributed by atoms with Crippen LogP contribution >= 0.6 is 11.3 Å². The molecule has 7 nitrogen and oxygen atoms in total. The van der Waals surface area contributed by atoms with Gasteiger partial charge in [0.05, 0.1) is 18.8 Å². The number of fused-ring (bicyclic) bond motifs is 2. The van der Waals surface area contributed by atoms with Gasteiger partial charge in [-0.15, -0.1) is 11.3 Å². The van der Waals surface area contributed by atoms with Crippen molar-refractivity contribution in [1.82, 2.24) is 9.21 Å². The molecule has 3 saturated heterocycles. The highest BCUT2D eigenvalue weighted by atomic mass is 32.2. The average molecular weight is 532 g/mol. The highest BCUT2D eigenvalue weighted by Gasteiger charge is 2.51. The number of benzene rings is 1. The van der Waals surface area contributed by atoms with Gasteiger partial charge in [-0.1, -0.05) is 18.2 Å². The molecule has 4 heterocycles. The molecule has 0 spiro atoms. The number of thiophene rings is 1. The van der Waals surface area contributed by atoms with Crippen LogP contribution in [-0.4, -0.2) is 86.4 Å². The molecule has 0 saturated carbocycles. The van der Waals surface area contributed by atoms with Gasteiger partial charge in [-0.3, -0.25) is 4.90 Å². The molecular formula is C23H28F3N3O4S2. The smallest absolute Gasteiger partial charge is 0.376 e. The van der Waals surface area contributed by atoms with E-state index in [2.05, 4.69) is 9.80 Å². The van der Waals surface area contributed by atoms with Crippen LogP contribution in [0.3, 0.4) is 0 Å². The number of morpholine rings is 1. The summed E-state index contributed by atoms with van der Waals surface area (Å²) >= 11 is 1.18. The van der Waals surface area contributed by atoms with E-state index in [1.165, 1.54) is 27.8 Å². The second kappa shape index (κ2) is 9.00. The number of aliphatic hydroxyl groups is 1. The molecule has 1 unspecified atom stereocenters. The van der Waals surface area contributed by atoms with Gasteiger partial charge in [0.1, 0.15) is 4.21 Å². The van der Waals surface area contributed by atoms with Gasteiger partial charge in [0, 0.05) is 44.5 Å². The van der Waals surface area contributed by atoms with E-state index in [4.69, 9.17) is 4.74 Å². The third kappa shape index (κ3) is 4.60. The summed E-state index contributed by atoms with van der Waals surface area (Å²) in [5.41, 5.74) is -2.49. The Morgan fingerprint density at radius 2 is 1.89 bits per heavy atom. The fraction of sp³-hybridized carbons (Fsp3) is 0.565. The fourth-order valence-electron chi connectivity index (χ4n) is 5.19. The molecule has 3 aliphatic heterocycles. The Morgan fingerprint density at radius 1 is 1.14 bits per heavy atom. The minimum atomic E-state index is -4.80. The Morgan fingerprint density at radius 3 is 2.46 bits per heavy atom. The quantitative estimate of drug-likeness (QED) is 0.618. The lowest BCUT2D eigenvalue weighted by molar-refractivity contribution is -0.258. The van der Waals surface area contributed by atoms with Crippen molar-refractivity contribution < 1.29 is 31.4 Å². The van der Waals surface area contributed by atoms with Crippen LogP contribution in [-0.2, 0) is 20.4 Å². The summed E-state index contributed by atoms with van der Waals surface area (Å²) in [5.74, 6) is 0. The van der Waals surface area contributed by atoms with Crippen molar-refractivity contribution in [1.29, 1.82) is 0 Å². The van der Waals surface area contributed by atoms with Gasteiger partial charge in [0.2, 0.25) is 0 Å². The van der Waals surface area contributed by atoms with Crippen LogP contribution in [0.1, 0.15) is 18.9 Å². The van der Waals surface area contributed by atoms with E-state index in [1.807, 2.05) is 0 Å². The number of alkyl halides is 3. The molecule has 0 amide bonds. The minimum absolute atomic E-state index is 0.188. The molecule has 3 fully saturated rings. The van der Waals surface area contributed by atoms with Crippen LogP contribution in [0.15, 0.2) is 46.0 Å². The van der Waals surface area contributed by atoms with Crippen molar-refractivity contribution >= 4 is 27.0 Å². The van der Waals surface area contributed by atoms with E-state index in [-0.39, 0.29) is 30.8 Å². The summed E-state index contributed by atoms with van der Waals surface area (Å²) in [6.45, 7) is 3.77. The first-order valence-corrected chi connectivity index (χ1v) is 13.8. The van der Waals surface area contributed by atoms with E-state index in [0.717, 1.165) is 19.9 Å². The highest BCUT2D eigenvalue weighted by molar-refractivity contribution is 7.91. The van der Waals surface area contributed by atoms with Gasteiger partial charge in [-0.2, -0.15) is 17.5 Å². The molecule has 35 heavy (non-hydrogen) atoms. The van der Waals surface area contributed by atoms with Crippen molar-refractivity contribution in [2.45, 2.75) is 47.5 Å². The molecule has 4 atom stereocenters. The molecular weight excluding hydrogens is 503 g/mol. The monoisotopic (exact) mass is 531 g/mol. The first-order valence-electron chi connectivity index (χ1n) is 11.5. The largest absolute Gasteiger partial charge is 0.421 e. The van der Waals surface area contributed by atoms with Crippen molar-refractivity contribution in [3.8, 4) is 0 Å². The zero-order valence-electron chi connectivity index (χ0n) is 19.2. The second-order valence-corrected chi connectivity index (χ2v) is 12.7. The second-order valence-electron chi connectivity index (χ2n) is 9.56. The highest BCUT2D eigenvalue weighted by Crippen LogP contribution is 2.39. The molecule has 3 aliphatic rings. The van der Waals surface area contributed by atoms with Crippen LogP contribution < -0.4 is 4.90 Å². The number of hydrogen-bond donors (Lipinski definition) is 1. The van der Waals surface area contributed by atoms with Gasteiger partial charge in [-0.25, -0.2) is 8.42 Å². The summed E-state index contributed by atoms with van der Waals surface area (Å²) in [4.78, 5) is 4.40. The maximum atomic E-state index is 13.3. The lowest BCUT2D eigenvalue weighted by Crippen LogP contribution is -2.59. The van der Waals surface area contributed by atoms with E-state index in [9.17, 15) is 26.7 Å². The maximum Gasteiger partial charge on any atom is 0.421 e. The number of halogens is 3. The lowest BCUT2D eigenvalue weighted by atomic mass is 9.95. The molecule has 1 aromatic heterocycles.